The molecule has 4 nitrogen and oxygen atoms in total. The van der Waals surface area contributed by atoms with E-state index in [-0.39, 0.29) is 11.2 Å². The third-order valence-electron chi connectivity index (χ3n) is 1.81. The van der Waals surface area contributed by atoms with Crippen molar-refractivity contribution in [2.75, 3.05) is 12.4 Å². The fraction of sp³-hybridized carbons (Fsp3) is 0.889. The van der Waals surface area contributed by atoms with Gasteiger partial charge in [0, 0.05) is 11.0 Å². The van der Waals surface area contributed by atoms with Crippen molar-refractivity contribution in [2.45, 2.75) is 38.2 Å². The van der Waals surface area contributed by atoms with Crippen LogP contribution < -0.4 is 5.73 Å². The maximum absolute atomic E-state index is 11.1. The summed E-state index contributed by atoms with van der Waals surface area (Å²) < 4.78 is 4.76. The van der Waals surface area contributed by atoms with E-state index in [0.717, 1.165) is 0 Å². The molecule has 0 saturated carbocycles. The molecule has 14 heavy (non-hydrogen) atoms. The average molecular weight is 221 g/mol. The van der Waals surface area contributed by atoms with Gasteiger partial charge in [0.25, 0.3) is 0 Å². The minimum atomic E-state index is -0.596. The number of aliphatic hydroxyl groups is 1. The normalized spacial score (nSPS) is 17.2. The standard InChI is InChI=1S/C9H19NO3S/c1-4-13-9(12)8(10)5-14-7(3)6(2)11/h6-8,11H,4-5,10H2,1-3H3. The summed E-state index contributed by atoms with van der Waals surface area (Å²) in [6, 6.07) is -0.596. The van der Waals surface area contributed by atoms with Gasteiger partial charge in [-0.05, 0) is 13.8 Å². The third kappa shape index (κ3) is 5.47. The van der Waals surface area contributed by atoms with Crippen molar-refractivity contribution in [1.29, 1.82) is 0 Å². The quantitative estimate of drug-likeness (QED) is 0.634. The Bertz CT molecular complexity index is 175. The van der Waals surface area contributed by atoms with Gasteiger partial charge in [-0.25, -0.2) is 0 Å². The minimum Gasteiger partial charge on any atom is -0.465 e. The van der Waals surface area contributed by atoms with Gasteiger partial charge in [0.1, 0.15) is 6.04 Å². The fourth-order valence-electron chi connectivity index (χ4n) is 0.712. The molecule has 0 aromatic heterocycles. The summed E-state index contributed by atoms with van der Waals surface area (Å²) in [6.07, 6.45) is -0.394. The first kappa shape index (κ1) is 13.7. The largest absolute Gasteiger partial charge is 0.465 e. The predicted molar refractivity (Wildman–Crippen MR) is 58.2 cm³/mol. The maximum atomic E-state index is 11.1. The summed E-state index contributed by atoms with van der Waals surface area (Å²) in [6.45, 7) is 5.71. The molecule has 0 bridgehead atoms. The lowest BCUT2D eigenvalue weighted by molar-refractivity contribution is -0.144. The molecule has 3 atom stereocenters. The smallest absolute Gasteiger partial charge is 0.323 e. The van der Waals surface area contributed by atoms with Crippen molar-refractivity contribution >= 4 is 17.7 Å². The van der Waals surface area contributed by atoms with Crippen molar-refractivity contribution in [3.05, 3.63) is 0 Å². The molecule has 0 fully saturated rings. The first-order chi connectivity index (χ1) is 6.49. The zero-order valence-electron chi connectivity index (χ0n) is 8.90. The van der Waals surface area contributed by atoms with Crippen LogP contribution in [0.1, 0.15) is 20.8 Å². The van der Waals surface area contributed by atoms with Crippen LogP contribution in [0.5, 0.6) is 0 Å². The Balaban J connectivity index is 3.72. The Morgan fingerprint density at radius 3 is 2.57 bits per heavy atom. The van der Waals surface area contributed by atoms with Gasteiger partial charge in [-0.2, -0.15) is 11.8 Å². The third-order valence-corrected chi connectivity index (χ3v) is 3.28. The van der Waals surface area contributed by atoms with Crippen LogP contribution >= 0.6 is 11.8 Å². The highest BCUT2D eigenvalue weighted by Gasteiger charge is 2.17. The van der Waals surface area contributed by atoms with Crippen molar-refractivity contribution in [1.82, 2.24) is 0 Å². The lowest BCUT2D eigenvalue weighted by atomic mass is 10.3. The summed E-state index contributed by atoms with van der Waals surface area (Å²) >= 11 is 1.47. The summed E-state index contributed by atoms with van der Waals surface area (Å²) in [7, 11) is 0. The Morgan fingerprint density at radius 1 is 1.57 bits per heavy atom. The molecule has 0 aliphatic heterocycles. The number of hydrogen-bond donors (Lipinski definition) is 2. The molecule has 0 rings (SSSR count). The second-order valence-electron chi connectivity index (χ2n) is 3.14. The number of rotatable bonds is 6. The number of carbonyl (C=O) groups excluding carboxylic acids is 1. The van der Waals surface area contributed by atoms with E-state index in [4.69, 9.17) is 10.5 Å². The highest BCUT2D eigenvalue weighted by Crippen LogP contribution is 2.14. The van der Waals surface area contributed by atoms with Crippen LogP contribution in [-0.4, -0.2) is 40.8 Å². The number of carbonyl (C=O) groups is 1. The monoisotopic (exact) mass is 221 g/mol. The summed E-state index contributed by atoms with van der Waals surface area (Å²) in [5.41, 5.74) is 5.57. The molecule has 0 radical (unpaired) electrons. The van der Waals surface area contributed by atoms with Crippen LogP contribution in [0.2, 0.25) is 0 Å². The van der Waals surface area contributed by atoms with Gasteiger partial charge in [-0.3, -0.25) is 4.79 Å². The number of esters is 1. The molecule has 0 spiro atoms. The summed E-state index contributed by atoms with van der Waals surface area (Å²) in [5.74, 6) is 0.100. The topological polar surface area (TPSA) is 72.5 Å². The van der Waals surface area contributed by atoms with E-state index >= 15 is 0 Å². The van der Waals surface area contributed by atoms with Crippen molar-refractivity contribution in [2.24, 2.45) is 5.73 Å². The summed E-state index contributed by atoms with van der Waals surface area (Å²) in [5, 5.41) is 9.28. The van der Waals surface area contributed by atoms with Gasteiger partial charge in [0.2, 0.25) is 0 Å². The van der Waals surface area contributed by atoms with Crippen LogP contribution in [-0.2, 0) is 9.53 Å². The molecule has 0 aliphatic rings. The van der Waals surface area contributed by atoms with Crippen LogP contribution in [0.3, 0.4) is 0 Å². The lowest BCUT2D eigenvalue weighted by Crippen LogP contribution is -2.35. The van der Waals surface area contributed by atoms with Gasteiger partial charge in [-0.15, -0.1) is 0 Å². The SMILES string of the molecule is CCOC(=O)C(N)CSC(C)C(C)O. The number of thioether (sulfide) groups is 1. The molecule has 3 N–H and O–H groups in total. The molecule has 5 heteroatoms. The number of hydrogen-bond acceptors (Lipinski definition) is 5. The van der Waals surface area contributed by atoms with Crippen LogP contribution in [0.15, 0.2) is 0 Å². The number of aliphatic hydroxyl groups excluding tert-OH is 1. The Morgan fingerprint density at radius 2 is 2.14 bits per heavy atom. The first-order valence-corrected chi connectivity index (χ1v) is 5.75. The van der Waals surface area contributed by atoms with Gasteiger partial charge < -0.3 is 15.6 Å². The van der Waals surface area contributed by atoms with Gasteiger partial charge in [-0.1, -0.05) is 6.92 Å². The van der Waals surface area contributed by atoms with E-state index in [1.54, 1.807) is 13.8 Å². The molecule has 84 valence electrons. The number of ether oxygens (including phenoxy) is 1. The van der Waals surface area contributed by atoms with Gasteiger partial charge >= 0.3 is 5.97 Å². The van der Waals surface area contributed by atoms with Crippen LogP contribution in [0.4, 0.5) is 0 Å². The van der Waals surface area contributed by atoms with Crippen LogP contribution in [0.25, 0.3) is 0 Å². The second kappa shape index (κ2) is 7.09. The van der Waals surface area contributed by atoms with Crippen molar-refractivity contribution < 1.29 is 14.6 Å². The maximum Gasteiger partial charge on any atom is 0.323 e. The Kier molecular flexibility index (Phi) is 6.96. The molecule has 0 aliphatic carbocycles. The van der Waals surface area contributed by atoms with Crippen LogP contribution in [0, 0.1) is 0 Å². The molecule has 0 saturated heterocycles. The molecule has 0 aromatic rings. The Hall–Kier alpha value is -0.260. The molecule has 0 aromatic carbocycles. The van der Waals surface area contributed by atoms with Gasteiger partial charge in [0.15, 0.2) is 0 Å². The zero-order valence-corrected chi connectivity index (χ0v) is 9.71. The molecular weight excluding hydrogens is 202 g/mol. The van der Waals surface area contributed by atoms with E-state index < -0.39 is 12.1 Å². The van der Waals surface area contributed by atoms with E-state index in [1.165, 1.54) is 11.8 Å². The number of nitrogens with two attached hydrogens (primary N) is 1. The molecule has 0 heterocycles. The van der Waals surface area contributed by atoms with E-state index in [1.807, 2.05) is 6.92 Å². The minimum absolute atomic E-state index is 0.0791. The highest BCUT2D eigenvalue weighted by molar-refractivity contribution is 8.00. The summed E-state index contributed by atoms with van der Waals surface area (Å²) in [4.78, 5) is 11.1. The van der Waals surface area contributed by atoms with Gasteiger partial charge in [0.05, 0.1) is 12.7 Å². The van der Waals surface area contributed by atoms with E-state index in [2.05, 4.69) is 0 Å². The van der Waals surface area contributed by atoms with E-state index in [9.17, 15) is 9.90 Å². The Labute approximate surface area is 89.2 Å². The van der Waals surface area contributed by atoms with E-state index in [0.29, 0.717) is 12.4 Å². The first-order valence-electron chi connectivity index (χ1n) is 4.70. The zero-order chi connectivity index (χ0) is 11.1. The van der Waals surface area contributed by atoms with Crippen molar-refractivity contribution in [3.8, 4) is 0 Å². The fourth-order valence-corrected chi connectivity index (χ4v) is 1.64. The van der Waals surface area contributed by atoms with Crippen molar-refractivity contribution in [3.63, 3.8) is 0 Å². The molecule has 0 amide bonds. The predicted octanol–water partition coefficient (Wildman–Crippen LogP) is 0.379. The highest BCUT2D eigenvalue weighted by atomic mass is 32.2. The lowest BCUT2D eigenvalue weighted by Gasteiger charge is -2.16. The average Bonchev–Trinajstić information content (AvgIpc) is 2.13. The molecule has 3 unspecified atom stereocenters. The second-order valence-corrected chi connectivity index (χ2v) is 4.55. The molecular formula is C9H19NO3S.